The molecular weight excluding hydrogens is 284 g/mol. The zero-order valence-corrected chi connectivity index (χ0v) is 12.0. The summed E-state index contributed by atoms with van der Waals surface area (Å²) in [4.78, 5) is 27.3. The Kier molecular flexibility index (Phi) is 5.08. The molecule has 6 nitrogen and oxygen atoms in total. The van der Waals surface area contributed by atoms with E-state index in [1.807, 2.05) is 0 Å². The number of nitrogens with one attached hydrogen (secondary N) is 1. The lowest BCUT2D eigenvalue weighted by atomic mass is 10.0. The van der Waals surface area contributed by atoms with Crippen LogP contribution in [0.25, 0.3) is 0 Å². The standard InChI is InChI=1S/C16H16N2O4/c1-22-14-8-3-2-6-11(14)10-13(16(20)21)18-15(19)12-7-4-5-9-17-12/h2-9,13H,10H2,1H3,(H,18,19)(H,20,21)/t13-/m0/s1. The number of rotatable bonds is 6. The summed E-state index contributed by atoms with van der Waals surface area (Å²) < 4.78 is 5.20. The summed E-state index contributed by atoms with van der Waals surface area (Å²) in [5.41, 5.74) is 0.882. The van der Waals surface area contributed by atoms with E-state index in [-0.39, 0.29) is 12.1 Å². The van der Waals surface area contributed by atoms with Gasteiger partial charge in [-0.05, 0) is 23.8 Å². The molecule has 1 amide bonds. The Morgan fingerprint density at radius 1 is 1.23 bits per heavy atom. The lowest BCUT2D eigenvalue weighted by Gasteiger charge is -2.16. The van der Waals surface area contributed by atoms with Gasteiger partial charge < -0.3 is 15.2 Å². The van der Waals surface area contributed by atoms with E-state index < -0.39 is 17.9 Å². The minimum Gasteiger partial charge on any atom is -0.496 e. The molecule has 1 aromatic carbocycles. The van der Waals surface area contributed by atoms with Gasteiger partial charge in [0, 0.05) is 12.6 Å². The van der Waals surface area contributed by atoms with Crippen molar-refractivity contribution in [2.75, 3.05) is 7.11 Å². The van der Waals surface area contributed by atoms with Gasteiger partial charge in [0.05, 0.1) is 7.11 Å². The summed E-state index contributed by atoms with van der Waals surface area (Å²) in [6, 6.07) is 10.9. The van der Waals surface area contributed by atoms with Crippen LogP contribution in [0.1, 0.15) is 16.1 Å². The summed E-state index contributed by atoms with van der Waals surface area (Å²) in [6.45, 7) is 0. The van der Waals surface area contributed by atoms with Crippen molar-refractivity contribution in [1.29, 1.82) is 0 Å². The monoisotopic (exact) mass is 300 g/mol. The molecule has 0 radical (unpaired) electrons. The number of carboxylic acids is 1. The van der Waals surface area contributed by atoms with E-state index in [1.54, 1.807) is 36.4 Å². The predicted octanol–water partition coefficient (Wildman–Crippen LogP) is 1.52. The highest BCUT2D eigenvalue weighted by Crippen LogP contribution is 2.19. The van der Waals surface area contributed by atoms with Crippen molar-refractivity contribution >= 4 is 11.9 Å². The van der Waals surface area contributed by atoms with Gasteiger partial charge in [-0.15, -0.1) is 0 Å². The highest BCUT2D eigenvalue weighted by Gasteiger charge is 2.22. The summed E-state index contributed by atoms with van der Waals surface area (Å²) in [7, 11) is 1.51. The molecule has 2 N–H and O–H groups in total. The number of ether oxygens (including phenoxy) is 1. The van der Waals surface area contributed by atoms with Crippen LogP contribution in [-0.2, 0) is 11.2 Å². The van der Waals surface area contributed by atoms with E-state index in [2.05, 4.69) is 10.3 Å². The second-order valence-electron chi connectivity index (χ2n) is 4.60. The number of methoxy groups -OCH3 is 1. The van der Waals surface area contributed by atoms with Crippen molar-refractivity contribution in [2.24, 2.45) is 0 Å². The molecule has 1 aromatic heterocycles. The van der Waals surface area contributed by atoms with Gasteiger partial charge >= 0.3 is 5.97 Å². The van der Waals surface area contributed by atoms with Crippen LogP contribution < -0.4 is 10.1 Å². The zero-order chi connectivity index (χ0) is 15.9. The molecule has 0 aliphatic carbocycles. The second kappa shape index (κ2) is 7.21. The molecule has 6 heteroatoms. The number of para-hydroxylation sites is 1. The van der Waals surface area contributed by atoms with Crippen LogP contribution in [0.2, 0.25) is 0 Å². The molecule has 0 fully saturated rings. The molecule has 0 saturated carbocycles. The van der Waals surface area contributed by atoms with Crippen LogP contribution in [-0.4, -0.2) is 35.1 Å². The van der Waals surface area contributed by atoms with Crippen molar-refractivity contribution in [3.63, 3.8) is 0 Å². The van der Waals surface area contributed by atoms with Crippen LogP contribution in [0.5, 0.6) is 5.75 Å². The molecule has 0 spiro atoms. The Bertz CT molecular complexity index is 658. The van der Waals surface area contributed by atoms with E-state index in [4.69, 9.17) is 4.74 Å². The number of nitrogens with zero attached hydrogens (tertiary/aromatic N) is 1. The summed E-state index contributed by atoms with van der Waals surface area (Å²) >= 11 is 0. The SMILES string of the molecule is COc1ccccc1C[C@H](NC(=O)c1ccccn1)C(=O)O. The van der Waals surface area contributed by atoms with Gasteiger partial charge in [-0.2, -0.15) is 0 Å². The van der Waals surface area contributed by atoms with E-state index in [0.717, 1.165) is 0 Å². The van der Waals surface area contributed by atoms with Crippen molar-refractivity contribution in [1.82, 2.24) is 10.3 Å². The number of benzene rings is 1. The molecule has 22 heavy (non-hydrogen) atoms. The highest BCUT2D eigenvalue weighted by molar-refractivity contribution is 5.94. The van der Waals surface area contributed by atoms with Crippen molar-refractivity contribution in [3.05, 3.63) is 59.9 Å². The maximum absolute atomic E-state index is 12.0. The minimum absolute atomic E-state index is 0.123. The first kappa shape index (κ1) is 15.5. The van der Waals surface area contributed by atoms with Crippen molar-refractivity contribution in [3.8, 4) is 5.75 Å². The number of amides is 1. The molecule has 114 valence electrons. The molecular formula is C16H16N2O4. The third kappa shape index (κ3) is 3.82. The molecule has 0 saturated heterocycles. The van der Waals surface area contributed by atoms with E-state index in [1.165, 1.54) is 19.4 Å². The lowest BCUT2D eigenvalue weighted by Crippen LogP contribution is -2.42. The predicted molar refractivity (Wildman–Crippen MR) is 79.8 cm³/mol. The molecule has 0 aliphatic heterocycles. The third-order valence-corrected chi connectivity index (χ3v) is 3.12. The van der Waals surface area contributed by atoms with Crippen molar-refractivity contribution < 1.29 is 19.4 Å². The number of carbonyl (C=O) groups is 2. The highest BCUT2D eigenvalue weighted by atomic mass is 16.5. The number of pyridine rings is 1. The molecule has 1 heterocycles. The summed E-state index contributed by atoms with van der Waals surface area (Å²) in [6.07, 6.45) is 1.60. The average molecular weight is 300 g/mol. The topological polar surface area (TPSA) is 88.5 Å². The largest absolute Gasteiger partial charge is 0.496 e. The number of carbonyl (C=O) groups excluding carboxylic acids is 1. The minimum atomic E-state index is -1.12. The van der Waals surface area contributed by atoms with Gasteiger partial charge in [0.25, 0.3) is 5.91 Å². The van der Waals surface area contributed by atoms with Gasteiger partial charge in [-0.1, -0.05) is 24.3 Å². The number of aromatic nitrogens is 1. The first-order chi connectivity index (χ1) is 10.6. The van der Waals surface area contributed by atoms with Gasteiger partial charge in [-0.3, -0.25) is 9.78 Å². The number of hydrogen-bond donors (Lipinski definition) is 2. The van der Waals surface area contributed by atoms with E-state index in [0.29, 0.717) is 11.3 Å². The van der Waals surface area contributed by atoms with Crippen LogP contribution >= 0.6 is 0 Å². The van der Waals surface area contributed by atoms with Crippen LogP contribution in [0.3, 0.4) is 0 Å². The number of hydrogen-bond acceptors (Lipinski definition) is 4. The maximum Gasteiger partial charge on any atom is 0.326 e. The first-order valence-corrected chi connectivity index (χ1v) is 6.68. The van der Waals surface area contributed by atoms with Crippen molar-refractivity contribution in [2.45, 2.75) is 12.5 Å². The van der Waals surface area contributed by atoms with Crippen LogP contribution in [0.15, 0.2) is 48.7 Å². The maximum atomic E-state index is 12.0. The summed E-state index contributed by atoms with van der Waals surface area (Å²) in [5.74, 6) is -1.06. The smallest absolute Gasteiger partial charge is 0.326 e. The fourth-order valence-corrected chi connectivity index (χ4v) is 2.02. The fourth-order valence-electron chi connectivity index (χ4n) is 2.02. The number of carboxylic acid groups (broad SMARTS) is 1. The van der Waals surface area contributed by atoms with Crippen LogP contribution in [0, 0.1) is 0 Å². The molecule has 0 unspecified atom stereocenters. The molecule has 1 atom stereocenters. The Labute approximate surface area is 127 Å². The Hall–Kier alpha value is -2.89. The Balaban J connectivity index is 2.14. The second-order valence-corrected chi connectivity index (χ2v) is 4.60. The lowest BCUT2D eigenvalue weighted by molar-refractivity contribution is -0.139. The van der Waals surface area contributed by atoms with E-state index in [9.17, 15) is 14.7 Å². The molecule has 0 bridgehead atoms. The molecule has 0 aliphatic rings. The van der Waals surface area contributed by atoms with E-state index >= 15 is 0 Å². The average Bonchev–Trinajstić information content (AvgIpc) is 2.55. The van der Waals surface area contributed by atoms with Gasteiger partial charge in [-0.25, -0.2) is 4.79 Å². The third-order valence-electron chi connectivity index (χ3n) is 3.12. The van der Waals surface area contributed by atoms with Gasteiger partial charge in [0.1, 0.15) is 17.5 Å². The van der Waals surface area contributed by atoms with Crippen LogP contribution in [0.4, 0.5) is 0 Å². The number of aliphatic carboxylic acids is 1. The first-order valence-electron chi connectivity index (χ1n) is 6.68. The normalized spacial score (nSPS) is 11.5. The Morgan fingerprint density at radius 2 is 1.95 bits per heavy atom. The van der Waals surface area contributed by atoms with Gasteiger partial charge in [0.15, 0.2) is 0 Å². The van der Waals surface area contributed by atoms with Gasteiger partial charge in [0.2, 0.25) is 0 Å². The molecule has 2 rings (SSSR count). The fraction of sp³-hybridized carbons (Fsp3) is 0.188. The summed E-state index contributed by atoms with van der Waals surface area (Å²) in [5, 5.41) is 11.8. The Morgan fingerprint density at radius 3 is 2.59 bits per heavy atom. The zero-order valence-electron chi connectivity index (χ0n) is 12.0. The quantitative estimate of drug-likeness (QED) is 0.844. The molecule has 2 aromatic rings.